The topological polar surface area (TPSA) is 55.2 Å². The van der Waals surface area contributed by atoms with E-state index in [1.165, 1.54) is 0 Å². The maximum Gasteiger partial charge on any atom is 0.265 e. The molecule has 23 heavy (non-hydrogen) atoms. The van der Waals surface area contributed by atoms with Crippen molar-refractivity contribution >= 4 is 16.9 Å². The highest BCUT2D eigenvalue weighted by Gasteiger charge is 2.28. The van der Waals surface area contributed by atoms with E-state index in [4.69, 9.17) is 0 Å². The van der Waals surface area contributed by atoms with Crippen molar-refractivity contribution in [2.24, 2.45) is 0 Å². The predicted molar refractivity (Wildman–Crippen MR) is 90.6 cm³/mol. The summed E-state index contributed by atoms with van der Waals surface area (Å²) in [4.78, 5) is 31.9. The van der Waals surface area contributed by atoms with Gasteiger partial charge in [0.2, 0.25) is 0 Å². The molecule has 0 N–H and O–H groups in total. The summed E-state index contributed by atoms with van der Waals surface area (Å²) >= 11 is 0. The van der Waals surface area contributed by atoms with Crippen LogP contribution in [0.2, 0.25) is 0 Å². The van der Waals surface area contributed by atoms with Gasteiger partial charge in [-0.3, -0.25) is 14.2 Å². The molecule has 3 heterocycles. The molecule has 0 saturated carbocycles. The molecule has 1 fully saturated rings. The number of piperidine rings is 1. The average molecular weight is 313 g/mol. The Kier molecular flexibility index (Phi) is 4.46. The Hall–Kier alpha value is -2.17. The number of nitrogens with zero attached hydrogens (tertiary/aromatic N) is 3. The van der Waals surface area contributed by atoms with Gasteiger partial charge < -0.3 is 4.90 Å². The highest BCUT2D eigenvalue weighted by atomic mass is 16.2. The first-order valence-electron chi connectivity index (χ1n) is 8.46. The van der Waals surface area contributed by atoms with Gasteiger partial charge in [-0.15, -0.1) is 0 Å². The molecular weight excluding hydrogens is 290 g/mol. The number of likely N-dealkylation sites (tertiary alicyclic amines) is 1. The van der Waals surface area contributed by atoms with Gasteiger partial charge in [-0.05, 0) is 50.8 Å². The van der Waals surface area contributed by atoms with Crippen molar-refractivity contribution in [2.75, 3.05) is 6.54 Å². The van der Waals surface area contributed by atoms with Gasteiger partial charge in [0.05, 0.1) is 0 Å². The summed E-state index contributed by atoms with van der Waals surface area (Å²) in [7, 11) is 0. The molecule has 0 unspecified atom stereocenters. The summed E-state index contributed by atoms with van der Waals surface area (Å²) in [6.45, 7) is 5.25. The average Bonchev–Trinajstić information content (AvgIpc) is 2.60. The standard InChI is InChI=1S/C18H23N3O2/c1-3-14-9-5-6-11-21(14)18(23)15-12-13-8-7-10-19-16(13)20(4-2)17(15)22/h7-8,10,12,14H,3-6,9,11H2,1-2H3/t14-/m0/s1. The van der Waals surface area contributed by atoms with Crippen molar-refractivity contribution < 1.29 is 4.79 Å². The van der Waals surface area contributed by atoms with Crippen LogP contribution in [-0.4, -0.2) is 32.9 Å². The molecule has 1 aliphatic heterocycles. The molecule has 0 bridgehead atoms. The first-order valence-corrected chi connectivity index (χ1v) is 8.46. The fourth-order valence-electron chi connectivity index (χ4n) is 3.50. The van der Waals surface area contributed by atoms with Crippen molar-refractivity contribution in [2.45, 2.75) is 52.1 Å². The number of carbonyl (C=O) groups is 1. The van der Waals surface area contributed by atoms with Crippen molar-refractivity contribution in [3.63, 3.8) is 0 Å². The van der Waals surface area contributed by atoms with E-state index < -0.39 is 0 Å². The molecule has 0 radical (unpaired) electrons. The lowest BCUT2D eigenvalue weighted by Gasteiger charge is -2.35. The Morgan fingerprint density at radius 2 is 2.17 bits per heavy atom. The molecule has 0 aliphatic carbocycles. The zero-order chi connectivity index (χ0) is 16.4. The molecule has 2 aromatic heterocycles. The van der Waals surface area contributed by atoms with Crippen LogP contribution in [0.25, 0.3) is 11.0 Å². The maximum absolute atomic E-state index is 13.0. The normalized spacial score (nSPS) is 18.3. The smallest absolute Gasteiger partial charge is 0.265 e. The molecule has 3 rings (SSSR count). The van der Waals surface area contributed by atoms with Crippen LogP contribution in [0.1, 0.15) is 49.9 Å². The molecule has 1 atom stereocenters. The summed E-state index contributed by atoms with van der Waals surface area (Å²) in [5.74, 6) is -0.130. The second kappa shape index (κ2) is 6.52. The minimum absolute atomic E-state index is 0.130. The lowest BCUT2D eigenvalue weighted by molar-refractivity contribution is 0.0606. The number of amides is 1. The van der Waals surface area contributed by atoms with Crippen LogP contribution in [0.3, 0.4) is 0 Å². The molecule has 0 aromatic carbocycles. The molecule has 5 heteroatoms. The third-order valence-corrected chi connectivity index (χ3v) is 4.75. The second-order valence-corrected chi connectivity index (χ2v) is 6.08. The van der Waals surface area contributed by atoms with Crippen LogP contribution in [0.5, 0.6) is 0 Å². The number of fused-ring (bicyclic) bond motifs is 1. The van der Waals surface area contributed by atoms with Crippen LogP contribution < -0.4 is 5.56 Å². The minimum atomic E-state index is -0.232. The molecule has 5 nitrogen and oxygen atoms in total. The SMILES string of the molecule is CC[C@H]1CCCCN1C(=O)c1cc2cccnc2n(CC)c1=O. The summed E-state index contributed by atoms with van der Waals surface area (Å²) < 4.78 is 1.59. The van der Waals surface area contributed by atoms with E-state index >= 15 is 0 Å². The Morgan fingerprint density at radius 3 is 2.91 bits per heavy atom. The van der Waals surface area contributed by atoms with E-state index in [1.54, 1.807) is 16.8 Å². The monoisotopic (exact) mass is 313 g/mol. The highest BCUT2D eigenvalue weighted by Crippen LogP contribution is 2.22. The Bertz CT molecular complexity index is 781. The molecule has 1 aliphatic rings. The van der Waals surface area contributed by atoms with E-state index in [9.17, 15) is 9.59 Å². The van der Waals surface area contributed by atoms with Gasteiger partial charge in [-0.1, -0.05) is 6.92 Å². The van der Waals surface area contributed by atoms with Crippen molar-refractivity contribution in [3.8, 4) is 0 Å². The fraction of sp³-hybridized carbons (Fsp3) is 0.500. The third-order valence-electron chi connectivity index (χ3n) is 4.75. The van der Waals surface area contributed by atoms with E-state index in [2.05, 4.69) is 11.9 Å². The number of hydrogen-bond donors (Lipinski definition) is 0. The van der Waals surface area contributed by atoms with Crippen LogP contribution >= 0.6 is 0 Å². The first-order chi connectivity index (χ1) is 11.2. The summed E-state index contributed by atoms with van der Waals surface area (Å²) in [6, 6.07) is 5.69. The van der Waals surface area contributed by atoms with Gasteiger partial charge in [0.1, 0.15) is 11.2 Å². The largest absolute Gasteiger partial charge is 0.336 e. The quantitative estimate of drug-likeness (QED) is 0.875. The Balaban J connectivity index is 2.10. The zero-order valence-electron chi connectivity index (χ0n) is 13.8. The number of hydrogen-bond acceptors (Lipinski definition) is 3. The Morgan fingerprint density at radius 1 is 1.35 bits per heavy atom. The molecular formula is C18H23N3O2. The molecule has 1 saturated heterocycles. The lowest BCUT2D eigenvalue weighted by atomic mass is 9.99. The van der Waals surface area contributed by atoms with Crippen LogP contribution in [0, 0.1) is 0 Å². The van der Waals surface area contributed by atoms with E-state index in [0.717, 1.165) is 37.6 Å². The molecule has 1 amide bonds. The van der Waals surface area contributed by atoms with Gasteiger partial charge in [0.15, 0.2) is 0 Å². The van der Waals surface area contributed by atoms with Gasteiger partial charge in [-0.25, -0.2) is 4.98 Å². The maximum atomic E-state index is 13.0. The number of pyridine rings is 2. The summed E-state index contributed by atoms with van der Waals surface area (Å²) in [5.41, 5.74) is 0.680. The highest BCUT2D eigenvalue weighted by molar-refractivity contribution is 5.97. The fourth-order valence-corrected chi connectivity index (χ4v) is 3.50. The van der Waals surface area contributed by atoms with Crippen LogP contribution in [-0.2, 0) is 6.54 Å². The third kappa shape index (κ3) is 2.76. The number of aryl methyl sites for hydroxylation is 1. The predicted octanol–water partition coefficient (Wildman–Crippen LogP) is 2.82. The van der Waals surface area contributed by atoms with Gasteiger partial charge in [-0.2, -0.15) is 0 Å². The summed E-state index contributed by atoms with van der Waals surface area (Å²) in [6.07, 6.45) is 5.80. The number of rotatable bonds is 3. The number of carbonyl (C=O) groups excluding carboxylic acids is 1. The van der Waals surface area contributed by atoms with E-state index in [-0.39, 0.29) is 23.1 Å². The Labute approximate surface area is 135 Å². The minimum Gasteiger partial charge on any atom is -0.336 e. The van der Waals surface area contributed by atoms with E-state index in [0.29, 0.717) is 12.2 Å². The zero-order valence-corrected chi connectivity index (χ0v) is 13.8. The van der Waals surface area contributed by atoms with Gasteiger partial charge >= 0.3 is 0 Å². The van der Waals surface area contributed by atoms with Crippen molar-refractivity contribution in [1.82, 2.24) is 14.5 Å². The molecule has 122 valence electrons. The second-order valence-electron chi connectivity index (χ2n) is 6.08. The van der Waals surface area contributed by atoms with Crippen molar-refractivity contribution in [3.05, 3.63) is 40.3 Å². The van der Waals surface area contributed by atoms with Gasteiger partial charge in [0, 0.05) is 30.7 Å². The van der Waals surface area contributed by atoms with Gasteiger partial charge in [0.25, 0.3) is 11.5 Å². The first kappa shape index (κ1) is 15.7. The number of aromatic nitrogens is 2. The molecule has 2 aromatic rings. The van der Waals surface area contributed by atoms with E-state index in [1.807, 2.05) is 24.0 Å². The molecule has 0 spiro atoms. The lowest BCUT2D eigenvalue weighted by Crippen LogP contribution is -2.45. The summed E-state index contributed by atoms with van der Waals surface area (Å²) in [5, 5.41) is 0.836. The van der Waals surface area contributed by atoms with Crippen LogP contribution in [0.4, 0.5) is 0 Å². The van der Waals surface area contributed by atoms with Crippen molar-refractivity contribution in [1.29, 1.82) is 0 Å². The van der Waals surface area contributed by atoms with Crippen LogP contribution in [0.15, 0.2) is 29.2 Å².